The largest absolute Gasteiger partial charge is 0.378 e. The first-order valence-electron chi connectivity index (χ1n) is 11.9. The fourth-order valence-corrected chi connectivity index (χ4v) is 5.04. The van der Waals surface area contributed by atoms with E-state index in [1.807, 2.05) is 35.4 Å². The number of ether oxygens (including phenoxy) is 1. The van der Waals surface area contributed by atoms with E-state index >= 15 is 0 Å². The number of hydrogen-bond donors (Lipinski definition) is 0. The summed E-state index contributed by atoms with van der Waals surface area (Å²) in [4.78, 5) is 22.0. The summed E-state index contributed by atoms with van der Waals surface area (Å²) in [6.45, 7) is 5.13. The maximum absolute atomic E-state index is 12.6. The summed E-state index contributed by atoms with van der Waals surface area (Å²) >= 11 is 0. The molecule has 33 heavy (non-hydrogen) atoms. The van der Waals surface area contributed by atoms with Gasteiger partial charge in [0.2, 0.25) is 0 Å². The molecule has 180 valence electrons. The normalized spacial score (nSPS) is 19.8. The highest BCUT2D eigenvalue weighted by atomic mass is 35.5. The Hall–Kier alpha value is -1.66. The van der Waals surface area contributed by atoms with E-state index in [1.165, 1.54) is 50.9 Å². The second kappa shape index (κ2) is 12.2. The van der Waals surface area contributed by atoms with Crippen molar-refractivity contribution in [3.8, 4) is 11.1 Å². The van der Waals surface area contributed by atoms with E-state index in [2.05, 4.69) is 17.0 Å². The van der Waals surface area contributed by atoms with Gasteiger partial charge in [0.15, 0.2) is 0 Å². The lowest BCUT2D eigenvalue weighted by Gasteiger charge is -2.41. The number of benzene rings is 1. The average molecular weight is 492 g/mol. The summed E-state index contributed by atoms with van der Waals surface area (Å²) in [7, 11) is 0. The van der Waals surface area contributed by atoms with E-state index in [0.29, 0.717) is 26.3 Å². The number of morpholine rings is 1. The van der Waals surface area contributed by atoms with E-state index in [9.17, 15) is 4.79 Å². The van der Waals surface area contributed by atoms with Crippen molar-refractivity contribution in [2.45, 2.75) is 44.6 Å². The van der Waals surface area contributed by atoms with Crippen molar-refractivity contribution in [3.63, 3.8) is 0 Å². The topological polar surface area (TPSA) is 45.7 Å². The molecule has 0 unspecified atom stereocenters. The SMILES string of the molecule is Cl.Cl.O=C(c1ccc(-c2ccc(CC3CCN(C4CCC4)CC3)nc2)cc1)N1CCOCC1. The first-order chi connectivity index (χ1) is 15.3. The lowest BCUT2D eigenvalue weighted by Crippen LogP contribution is -2.45. The Bertz CT molecular complexity index is 873. The van der Waals surface area contributed by atoms with Gasteiger partial charge in [0.1, 0.15) is 0 Å². The first kappa shape index (κ1) is 26.0. The predicted octanol–water partition coefficient (Wildman–Crippen LogP) is 4.87. The van der Waals surface area contributed by atoms with E-state index in [1.54, 1.807) is 0 Å². The molecule has 3 heterocycles. The molecule has 1 aromatic heterocycles. The van der Waals surface area contributed by atoms with Crippen LogP contribution in [0.1, 0.15) is 48.2 Å². The number of piperidine rings is 1. The monoisotopic (exact) mass is 491 g/mol. The number of pyridine rings is 1. The highest BCUT2D eigenvalue weighted by molar-refractivity contribution is 5.94. The summed E-state index contributed by atoms with van der Waals surface area (Å²) in [5.74, 6) is 0.854. The Morgan fingerprint density at radius 3 is 2.12 bits per heavy atom. The molecule has 2 aromatic rings. The van der Waals surface area contributed by atoms with Gasteiger partial charge in [0.25, 0.3) is 5.91 Å². The number of nitrogens with zero attached hydrogens (tertiary/aromatic N) is 3. The van der Waals surface area contributed by atoms with Gasteiger partial charge in [-0.2, -0.15) is 0 Å². The summed E-state index contributed by atoms with van der Waals surface area (Å²) in [6.07, 6.45) is 9.93. The van der Waals surface area contributed by atoms with Gasteiger partial charge in [-0.1, -0.05) is 24.6 Å². The Balaban J connectivity index is 0.00000153. The van der Waals surface area contributed by atoms with E-state index in [4.69, 9.17) is 9.72 Å². The van der Waals surface area contributed by atoms with Crippen LogP contribution in [-0.4, -0.2) is 66.1 Å². The molecule has 2 saturated heterocycles. The number of hydrogen-bond acceptors (Lipinski definition) is 4. The summed E-state index contributed by atoms with van der Waals surface area (Å²) in [5, 5.41) is 0. The van der Waals surface area contributed by atoms with Gasteiger partial charge in [-0.25, -0.2) is 0 Å². The van der Waals surface area contributed by atoms with Crippen molar-refractivity contribution >= 4 is 30.7 Å². The van der Waals surface area contributed by atoms with Crippen LogP contribution in [0.25, 0.3) is 11.1 Å². The van der Waals surface area contributed by atoms with Crippen LogP contribution in [0.5, 0.6) is 0 Å². The van der Waals surface area contributed by atoms with Crippen LogP contribution in [0.4, 0.5) is 0 Å². The zero-order valence-electron chi connectivity index (χ0n) is 19.2. The predicted molar refractivity (Wildman–Crippen MR) is 137 cm³/mol. The fourth-order valence-electron chi connectivity index (χ4n) is 5.04. The molecular formula is C26H35Cl2N3O2. The van der Waals surface area contributed by atoms with Crippen molar-refractivity contribution in [3.05, 3.63) is 53.9 Å². The second-order valence-corrected chi connectivity index (χ2v) is 9.29. The van der Waals surface area contributed by atoms with Gasteiger partial charge in [0.05, 0.1) is 13.2 Å². The smallest absolute Gasteiger partial charge is 0.254 e. The molecule has 0 N–H and O–H groups in total. The van der Waals surface area contributed by atoms with Crippen molar-refractivity contribution in [2.75, 3.05) is 39.4 Å². The summed E-state index contributed by atoms with van der Waals surface area (Å²) in [6, 6.07) is 13.1. The Labute approximate surface area is 209 Å². The highest BCUT2D eigenvalue weighted by Gasteiger charge is 2.28. The lowest BCUT2D eigenvalue weighted by atomic mass is 9.86. The van der Waals surface area contributed by atoms with Gasteiger partial charge in [-0.15, -0.1) is 24.8 Å². The first-order valence-corrected chi connectivity index (χ1v) is 11.9. The van der Waals surface area contributed by atoms with E-state index in [-0.39, 0.29) is 30.7 Å². The molecule has 5 rings (SSSR count). The molecule has 0 atom stereocenters. The quantitative estimate of drug-likeness (QED) is 0.598. The highest BCUT2D eigenvalue weighted by Crippen LogP contribution is 2.30. The molecule has 0 bridgehead atoms. The number of rotatable bonds is 5. The molecule has 5 nitrogen and oxygen atoms in total. The van der Waals surface area contributed by atoms with Gasteiger partial charge in [-0.05, 0) is 74.9 Å². The molecule has 3 fully saturated rings. The van der Waals surface area contributed by atoms with Crippen molar-refractivity contribution in [1.82, 2.24) is 14.8 Å². The third-order valence-electron chi connectivity index (χ3n) is 7.33. The Morgan fingerprint density at radius 2 is 1.55 bits per heavy atom. The van der Waals surface area contributed by atoms with Crippen LogP contribution in [0.3, 0.4) is 0 Å². The zero-order chi connectivity index (χ0) is 21.0. The third-order valence-corrected chi connectivity index (χ3v) is 7.33. The molecule has 0 radical (unpaired) electrons. The Morgan fingerprint density at radius 1 is 0.879 bits per heavy atom. The van der Waals surface area contributed by atoms with E-state index < -0.39 is 0 Å². The molecular weight excluding hydrogens is 457 g/mol. The maximum atomic E-state index is 12.6. The number of likely N-dealkylation sites (tertiary alicyclic amines) is 1. The minimum atomic E-state index is 0. The minimum absolute atomic E-state index is 0. The number of halogens is 2. The summed E-state index contributed by atoms with van der Waals surface area (Å²) in [5.41, 5.74) is 4.15. The average Bonchev–Trinajstić information content (AvgIpc) is 2.80. The second-order valence-electron chi connectivity index (χ2n) is 9.29. The molecule has 2 aliphatic heterocycles. The van der Waals surface area contributed by atoms with Crippen LogP contribution >= 0.6 is 24.8 Å². The zero-order valence-corrected chi connectivity index (χ0v) is 20.8. The molecule has 3 aliphatic rings. The van der Waals surface area contributed by atoms with Crippen molar-refractivity contribution < 1.29 is 9.53 Å². The molecule has 0 spiro atoms. The van der Waals surface area contributed by atoms with Crippen LogP contribution < -0.4 is 0 Å². The molecule has 1 saturated carbocycles. The van der Waals surface area contributed by atoms with Crippen LogP contribution in [0.2, 0.25) is 0 Å². The minimum Gasteiger partial charge on any atom is -0.378 e. The number of carbonyl (C=O) groups excluding carboxylic acids is 1. The maximum Gasteiger partial charge on any atom is 0.254 e. The molecule has 1 aromatic carbocycles. The van der Waals surface area contributed by atoms with Gasteiger partial charge in [-0.3, -0.25) is 9.78 Å². The molecule has 1 amide bonds. The number of carbonyl (C=O) groups is 1. The summed E-state index contributed by atoms with van der Waals surface area (Å²) < 4.78 is 5.34. The molecule has 7 heteroatoms. The molecule has 1 aliphatic carbocycles. The van der Waals surface area contributed by atoms with Crippen LogP contribution in [-0.2, 0) is 11.2 Å². The lowest BCUT2D eigenvalue weighted by molar-refractivity contribution is 0.0303. The van der Waals surface area contributed by atoms with Crippen LogP contribution in [0, 0.1) is 5.92 Å². The number of aromatic nitrogens is 1. The van der Waals surface area contributed by atoms with Gasteiger partial charge < -0.3 is 14.5 Å². The van der Waals surface area contributed by atoms with Gasteiger partial charge in [0, 0.05) is 42.1 Å². The standard InChI is InChI=1S/C26H33N3O2.2ClH/c30-26(29-14-16-31-17-15-29)22-6-4-21(5-7-22)23-8-9-24(27-19-23)18-20-10-12-28(13-11-20)25-2-1-3-25;;/h4-9,19-20,25H,1-3,10-18H2;2*1H. The third kappa shape index (κ3) is 6.27. The Kier molecular flexibility index (Phi) is 9.57. The van der Waals surface area contributed by atoms with Crippen LogP contribution in [0.15, 0.2) is 42.6 Å². The number of amides is 1. The fraction of sp³-hybridized carbons (Fsp3) is 0.538. The van der Waals surface area contributed by atoms with Crippen molar-refractivity contribution in [2.24, 2.45) is 5.92 Å². The van der Waals surface area contributed by atoms with Gasteiger partial charge >= 0.3 is 0 Å². The van der Waals surface area contributed by atoms with Crippen molar-refractivity contribution in [1.29, 1.82) is 0 Å². The van der Waals surface area contributed by atoms with E-state index in [0.717, 1.165) is 35.1 Å².